The molecule has 1 heterocycles. The highest BCUT2D eigenvalue weighted by atomic mass is 15.3. The molecule has 6 N–H and O–H groups in total. The van der Waals surface area contributed by atoms with Gasteiger partial charge in [-0.15, -0.1) is 0 Å². The molecule has 0 amide bonds. The van der Waals surface area contributed by atoms with Crippen LogP contribution >= 0.6 is 0 Å². The van der Waals surface area contributed by atoms with Crippen molar-refractivity contribution in [3.63, 3.8) is 0 Å². The van der Waals surface area contributed by atoms with Gasteiger partial charge in [-0.3, -0.25) is 10.5 Å². The molecule has 88 valence electrons. The molecule has 0 fully saturated rings. The van der Waals surface area contributed by atoms with Gasteiger partial charge in [-0.1, -0.05) is 24.3 Å². The third kappa shape index (κ3) is 2.82. The van der Waals surface area contributed by atoms with E-state index < -0.39 is 0 Å². The molecule has 17 heavy (non-hydrogen) atoms. The van der Waals surface area contributed by atoms with E-state index in [4.69, 9.17) is 11.6 Å². The summed E-state index contributed by atoms with van der Waals surface area (Å²) in [6.07, 6.45) is 1.72. The van der Waals surface area contributed by atoms with Crippen molar-refractivity contribution in [2.45, 2.75) is 6.54 Å². The standard InChI is InChI=1S/C11H14N6/c12-11(16-13)14-7-8-1-3-9(4-2-8)10-5-6-15-17-10/h1-6H,7,13H2,(H,15,17)(H3,12,14,16). The summed E-state index contributed by atoms with van der Waals surface area (Å²) >= 11 is 0. The lowest BCUT2D eigenvalue weighted by Crippen LogP contribution is -2.37. The van der Waals surface area contributed by atoms with Crippen LogP contribution in [0.5, 0.6) is 0 Å². The third-order valence-corrected chi connectivity index (χ3v) is 2.35. The Bertz CT molecular complexity index is 485. The number of nitrogens with zero attached hydrogens (tertiary/aromatic N) is 2. The van der Waals surface area contributed by atoms with Crippen LogP contribution in [0.15, 0.2) is 41.5 Å². The van der Waals surface area contributed by atoms with Gasteiger partial charge in [0.15, 0.2) is 0 Å². The Morgan fingerprint density at radius 3 is 2.65 bits per heavy atom. The predicted octanol–water partition coefficient (Wildman–Crippen LogP) is 0.355. The summed E-state index contributed by atoms with van der Waals surface area (Å²) in [6, 6.07) is 9.91. The highest BCUT2D eigenvalue weighted by Gasteiger charge is 1.98. The molecule has 2 rings (SSSR count). The molecule has 0 saturated heterocycles. The first kappa shape index (κ1) is 11.2. The monoisotopic (exact) mass is 230 g/mol. The number of guanidine groups is 1. The first-order valence-corrected chi connectivity index (χ1v) is 5.15. The fourth-order valence-electron chi connectivity index (χ4n) is 1.43. The van der Waals surface area contributed by atoms with Crippen molar-refractivity contribution in [3.8, 4) is 11.3 Å². The van der Waals surface area contributed by atoms with Crippen LogP contribution in [0, 0.1) is 0 Å². The van der Waals surface area contributed by atoms with Crippen molar-refractivity contribution in [1.29, 1.82) is 0 Å². The zero-order chi connectivity index (χ0) is 12.1. The van der Waals surface area contributed by atoms with Gasteiger partial charge in [0.05, 0.1) is 12.2 Å². The first-order valence-electron chi connectivity index (χ1n) is 5.15. The number of aromatic amines is 1. The topological polar surface area (TPSA) is 105 Å². The summed E-state index contributed by atoms with van der Waals surface area (Å²) in [6.45, 7) is 0.499. The van der Waals surface area contributed by atoms with Crippen LogP contribution in [0.1, 0.15) is 5.56 Å². The molecule has 6 nitrogen and oxygen atoms in total. The SMILES string of the molecule is NNC(N)=NCc1ccc(-c2ccn[nH]2)cc1. The minimum absolute atomic E-state index is 0.225. The fraction of sp³-hybridized carbons (Fsp3) is 0.0909. The Morgan fingerprint density at radius 2 is 2.06 bits per heavy atom. The second kappa shape index (κ2) is 5.13. The van der Waals surface area contributed by atoms with Gasteiger partial charge in [0.1, 0.15) is 0 Å². The van der Waals surface area contributed by atoms with E-state index >= 15 is 0 Å². The van der Waals surface area contributed by atoms with E-state index in [1.54, 1.807) is 6.20 Å². The van der Waals surface area contributed by atoms with Gasteiger partial charge in [-0.2, -0.15) is 5.10 Å². The number of nitrogens with one attached hydrogen (secondary N) is 2. The van der Waals surface area contributed by atoms with E-state index in [0.717, 1.165) is 16.8 Å². The number of hydrogen-bond acceptors (Lipinski definition) is 3. The molecule has 0 unspecified atom stereocenters. The molecule has 0 saturated carbocycles. The summed E-state index contributed by atoms with van der Waals surface area (Å²) in [5, 5.41) is 6.81. The molecule has 2 aromatic rings. The summed E-state index contributed by atoms with van der Waals surface area (Å²) < 4.78 is 0. The lowest BCUT2D eigenvalue weighted by Gasteiger charge is -2.01. The van der Waals surface area contributed by atoms with Crippen molar-refractivity contribution in [3.05, 3.63) is 42.1 Å². The lowest BCUT2D eigenvalue weighted by molar-refractivity contribution is 0.958. The first-order chi connectivity index (χ1) is 8.29. The number of H-pyrrole nitrogens is 1. The number of aromatic nitrogens is 2. The molecule has 0 aliphatic heterocycles. The van der Waals surface area contributed by atoms with Crippen molar-refractivity contribution < 1.29 is 0 Å². The summed E-state index contributed by atoms with van der Waals surface area (Å²) in [5.74, 6) is 5.33. The molecule has 0 radical (unpaired) electrons. The molecular weight excluding hydrogens is 216 g/mol. The third-order valence-electron chi connectivity index (χ3n) is 2.35. The average Bonchev–Trinajstić information content (AvgIpc) is 2.90. The normalized spacial score (nSPS) is 11.5. The smallest absolute Gasteiger partial charge is 0.203 e. The zero-order valence-electron chi connectivity index (χ0n) is 9.22. The van der Waals surface area contributed by atoms with E-state index in [9.17, 15) is 0 Å². The van der Waals surface area contributed by atoms with Crippen LogP contribution < -0.4 is 17.0 Å². The van der Waals surface area contributed by atoms with E-state index in [1.807, 2.05) is 30.3 Å². The van der Waals surface area contributed by atoms with Crippen LogP contribution in [0.3, 0.4) is 0 Å². The van der Waals surface area contributed by atoms with Gasteiger partial charge in [-0.05, 0) is 17.2 Å². The largest absolute Gasteiger partial charge is 0.369 e. The Labute approximate surface area is 98.7 Å². The summed E-state index contributed by atoms with van der Waals surface area (Å²) in [4.78, 5) is 4.04. The van der Waals surface area contributed by atoms with Gasteiger partial charge in [0.25, 0.3) is 0 Å². The number of benzene rings is 1. The molecule has 0 spiro atoms. The van der Waals surface area contributed by atoms with Gasteiger partial charge in [0.2, 0.25) is 5.96 Å². The number of nitrogens with two attached hydrogens (primary N) is 2. The van der Waals surface area contributed by atoms with Crippen LogP contribution in [0.2, 0.25) is 0 Å². The second-order valence-corrected chi connectivity index (χ2v) is 3.51. The molecule has 1 aromatic carbocycles. The van der Waals surface area contributed by atoms with Crippen molar-refractivity contribution in [2.75, 3.05) is 0 Å². The second-order valence-electron chi connectivity index (χ2n) is 3.51. The van der Waals surface area contributed by atoms with Gasteiger partial charge in [0, 0.05) is 6.20 Å². The Kier molecular flexibility index (Phi) is 3.37. The van der Waals surface area contributed by atoms with Gasteiger partial charge in [-0.25, -0.2) is 10.8 Å². The fourth-order valence-corrected chi connectivity index (χ4v) is 1.43. The van der Waals surface area contributed by atoms with E-state index in [-0.39, 0.29) is 5.96 Å². The molecule has 0 bridgehead atoms. The van der Waals surface area contributed by atoms with E-state index in [0.29, 0.717) is 6.54 Å². The van der Waals surface area contributed by atoms with Crippen molar-refractivity contribution in [2.24, 2.45) is 16.6 Å². The lowest BCUT2D eigenvalue weighted by atomic mass is 10.1. The number of aliphatic imine (C=N–C) groups is 1. The quantitative estimate of drug-likeness (QED) is 0.264. The van der Waals surface area contributed by atoms with Crippen LogP contribution in [0.25, 0.3) is 11.3 Å². The summed E-state index contributed by atoms with van der Waals surface area (Å²) in [7, 11) is 0. The van der Waals surface area contributed by atoms with Crippen molar-refractivity contribution >= 4 is 5.96 Å². The molecule has 0 aliphatic rings. The molecular formula is C11H14N6. The zero-order valence-corrected chi connectivity index (χ0v) is 9.22. The minimum atomic E-state index is 0.225. The molecule has 1 aromatic heterocycles. The maximum atomic E-state index is 5.43. The van der Waals surface area contributed by atoms with E-state index in [1.165, 1.54) is 0 Å². The maximum Gasteiger partial charge on any atom is 0.203 e. The highest BCUT2D eigenvalue weighted by molar-refractivity contribution is 5.77. The van der Waals surface area contributed by atoms with Gasteiger partial charge < -0.3 is 5.73 Å². The van der Waals surface area contributed by atoms with Crippen LogP contribution in [-0.4, -0.2) is 16.2 Å². The highest BCUT2D eigenvalue weighted by Crippen LogP contribution is 2.16. The maximum absolute atomic E-state index is 5.43. The number of hydrogen-bond donors (Lipinski definition) is 4. The number of rotatable bonds is 3. The predicted molar refractivity (Wildman–Crippen MR) is 66.7 cm³/mol. The average molecular weight is 230 g/mol. The van der Waals surface area contributed by atoms with Crippen LogP contribution in [-0.2, 0) is 6.54 Å². The van der Waals surface area contributed by atoms with E-state index in [2.05, 4.69) is 20.6 Å². The Hall–Kier alpha value is -2.34. The number of hydrazine groups is 1. The summed E-state index contributed by atoms with van der Waals surface area (Å²) in [5.41, 5.74) is 10.8. The van der Waals surface area contributed by atoms with Crippen LogP contribution in [0.4, 0.5) is 0 Å². The Balaban J connectivity index is 2.08. The molecule has 0 aliphatic carbocycles. The molecule has 6 heteroatoms. The minimum Gasteiger partial charge on any atom is -0.369 e. The van der Waals surface area contributed by atoms with Gasteiger partial charge >= 0.3 is 0 Å². The molecule has 0 atom stereocenters. The Morgan fingerprint density at radius 1 is 1.29 bits per heavy atom. The van der Waals surface area contributed by atoms with Crippen molar-refractivity contribution in [1.82, 2.24) is 15.6 Å².